The molecular weight excluding hydrogens is 398 g/mol. The summed E-state index contributed by atoms with van der Waals surface area (Å²) in [7, 11) is 0. The van der Waals surface area contributed by atoms with Gasteiger partial charge < -0.3 is 15.1 Å². The SMILES string of the molecule is CCC(CC)C(=O)N1CCN(c2ccc(NC(=O)c3ccc4ccccc4c3)cc2)CC1. The Morgan fingerprint density at radius 3 is 2.16 bits per heavy atom. The summed E-state index contributed by atoms with van der Waals surface area (Å²) in [6.45, 7) is 7.35. The summed E-state index contributed by atoms with van der Waals surface area (Å²) in [6, 6.07) is 21.7. The summed E-state index contributed by atoms with van der Waals surface area (Å²) in [6.07, 6.45) is 1.81. The Hall–Kier alpha value is -3.34. The second-order valence-electron chi connectivity index (χ2n) is 8.39. The van der Waals surface area contributed by atoms with Gasteiger partial charge in [-0.05, 0) is 60.0 Å². The van der Waals surface area contributed by atoms with Gasteiger partial charge in [0.1, 0.15) is 0 Å². The summed E-state index contributed by atoms with van der Waals surface area (Å²) in [5.74, 6) is 0.325. The molecule has 1 saturated heterocycles. The highest BCUT2D eigenvalue weighted by Gasteiger charge is 2.25. The van der Waals surface area contributed by atoms with Gasteiger partial charge in [0.25, 0.3) is 5.91 Å². The van der Waals surface area contributed by atoms with E-state index in [4.69, 9.17) is 0 Å². The van der Waals surface area contributed by atoms with Crippen molar-refractivity contribution in [2.75, 3.05) is 36.4 Å². The molecule has 1 aliphatic rings. The maximum Gasteiger partial charge on any atom is 0.255 e. The minimum absolute atomic E-state index is 0.114. The van der Waals surface area contributed by atoms with Crippen LogP contribution in [0.25, 0.3) is 10.8 Å². The second kappa shape index (κ2) is 9.86. The summed E-state index contributed by atoms with van der Waals surface area (Å²) in [5, 5.41) is 5.16. The second-order valence-corrected chi connectivity index (χ2v) is 8.39. The average Bonchev–Trinajstić information content (AvgIpc) is 2.85. The maximum absolute atomic E-state index is 12.7. The third kappa shape index (κ3) is 4.77. The number of piperazine rings is 1. The van der Waals surface area contributed by atoms with Gasteiger partial charge in [-0.2, -0.15) is 0 Å². The van der Waals surface area contributed by atoms with E-state index in [1.54, 1.807) is 0 Å². The molecule has 0 radical (unpaired) electrons. The molecule has 5 heteroatoms. The van der Waals surface area contributed by atoms with Crippen molar-refractivity contribution in [1.29, 1.82) is 0 Å². The predicted molar refractivity (Wildman–Crippen MR) is 131 cm³/mol. The first-order valence-corrected chi connectivity index (χ1v) is 11.5. The van der Waals surface area contributed by atoms with Crippen molar-refractivity contribution in [3.05, 3.63) is 72.3 Å². The van der Waals surface area contributed by atoms with Crippen molar-refractivity contribution < 1.29 is 9.59 Å². The van der Waals surface area contributed by atoms with Crippen molar-refractivity contribution in [1.82, 2.24) is 4.90 Å². The zero-order valence-electron chi connectivity index (χ0n) is 18.9. The van der Waals surface area contributed by atoms with Gasteiger partial charge in [0.05, 0.1) is 0 Å². The Morgan fingerprint density at radius 1 is 0.844 bits per heavy atom. The highest BCUT2D eigenvalue weighted by atomic mass is 16.2. The smallest absolute Gasteiger partial charge is 0.255 e. The van der Waals surface area contributed by atoms with E-state index in [0.29, 0.717) is 11.5 Å². The number of nitrogens with one attached hydrogen (secondary N) is 1. The Balaban J connectivity index is 1.35. The molecule has 0 bridgehead atoms. The van der Waals surface area contributed by atoms with Crippen LogP contribution < -0.4 is 10.2 Å². The minimum Gasteiger partial charge on any atom is -0.368 e. The zero-order valence-corrected chi connectivity index (χ0v) is 18.9. The van der Waals surface area contributed by atoms with E-state index in [0.717, 1.165) is 61.2 Å². The molecule has 1 fully saturated rings. The van der Waals surface area contributed by atoms with Gasteiger partial charge in [0, 0.05) is 49.0 Å². The molecule has 2 amide bonds. The van der Waals surface area contributed by atoms with E-state index >= 15 is 0 Å². The van der Waals surface area contributed by atoms with Crippen LogP contribution in [-0.4, -0.2) is 42.9 Å². The fourth-order valence-electron chi connectivity index (χ4n) is 4.37. The standard InChI is InChI=1S/C27H31N3O2/c1-3-20(4-2)27(32)30-17-15-29(16-18-30)25-13-11-24(12-14-25)28-26(31)23-10-9-21-7-5-6-8-22(21)19-23/h5-14,19-20H,3-4,15-18H2,1-2H3,(H,28,31). The maximum atomic E-state index is 12.7. The van der Waals surface area contributed by atoms with Crippen LogP contribution in [0.3, 0.4) is 0 Å². The van der Waals surface area contributed by atoms with Gasteiger partial charge in [-0.25, -0.2) is 0 Å². The molecule has 1 N–H and O–H groups in total. The fraction of sp³-hybridized carbons (Fsp3) is 0.333. The van der Waals surface area contributed by atoms with Crippen LogP contribution in [0.2, 0.25) is 0 Å². The summed E-state index contributed by atoms with van der Waals surface area (Å²) in [5.41, 5.74) is 2.53. The Kier molecular flexibility index (Phi) is 6.74. The minimum atomic E-state index is -0.114. The number of carbonyl (C=O) groups is 2. The van der Waals surface area contributed by atoms with Gasteiger partial charge in [0.2, 0.25) is 5.91 Å². The molecule has 1 aliphatic heterocycles. The number of anilines is 2. The van der Waals surface area contributed by atoms with Gasteiger partial charge in [-0.3, -0.25) is 9.59 Å². The van der Waals surface area contributed by atoms with E-state index < -0.39 is 0 Å². The molecule has 0 spiro atoms. The topological polar surface area (TPSA) is 52.7 Å². The normalized spacial score (nSPS) is 14.1. The molecule has 0 atom stereocenters. The quantitative estimate of drug-likeness (QED) is 0.588. The average molecular weight is 430 g/mol. The molecule has 4 rings (SSSR count). The van der Waals surface area contributed by atoms with Crippen LogP contribution in [0, 0.1) is 5.92 Å². The van der Waals surface area contributed by atoms with E-state index in [9.17, 15) is 9.59 Å². The Morgan fingerprint density at radius 2 is 1.50 bits per heavy atom. The monoisotopic (exact) mass is 429 g/mol. The van der Waals surface area contributed by atoms with Crippen LogP contribution >= 0.6 is 0 Å². The number of hydrogen-bond acceptors (Lipinski definition) is 3. The van der Waals surface area contributed by atoms with Crippen LogP contribution in [0.4, 0.5) is 11.4 Å². The third-order valence-electron chi connectivity index (χ3n) is 6.43. The molecular formula is C27H31N3O2. The number of rotatable bonds is 6. The molecule has 1 heterocycles. The summed E-state index contributed by atoms with van der Waals surface area (Å²) >= 11 is 0. The molecule has 0 aromatic heterocycles. The van der Waals surface area contributed by atoms with Crippen molar-refractivity contribution in [2.45, 2.75) is 26.7 Å². The Labute approximate surface area is 190 Å². The lowest BCUT2D eigenvalue weighted by Gasteiger charge is -2.37. The van der Waals surface area contributed by atoms with Crippen LogP contribution in [0.1, 0.15) is 37.0 Å². The number of benzene rings is 3. The van der Waals surface area contributed by atoms with E-state index in [-0.39, 0.29) is 11.8 Å². The number of nitrogens with zero attached hydrogens (tertiary/aromatic N) is 2. The molecule has 3 aromatic rings. The zero-order chi connectivity index (χ0) is 22.5. The Bertz CT molecular complexity index is 1080. The van der Waals surface area contributed by atoms with E-state index in [1.807, 2.05) is 71.6 Å². The van der Waals surface area contributed by atoms with Crippen LogP contribution in [0.15, 0.2) is 66.7 Å². The first kappa shape index (κ1) is 21.9. The number of hydrogen-bond donors (Lipinski definition) is 1. The molecule has 0 aliphatic carbocycles. The molecule has 3 aromatic carbocycles. The summed E-state index contributed by atoms with van der Waals surface area (Å²) in [4.78, 5) is 29.6. The highest BCUT2D eigenvalue weighted by molar-refractivity contribution is 6.06. The van der Waals surface area contributed by atoms with Crippen molar-refractivity contribution in [2.24, 2.45) is 5.92 Å². The molecule has 0 unspecified atom stereocenters. The van der Waals surface area contributed by atoms with Crippen molar-refractivity contribution in [3.63, 3.8) is 0 Å². The predicted octanol–water partition coefficient (Wildman–Crippen LogP) is 5.18. The van der Waals surface area contributed by atoms with E-state index in [2.05, 4.69) is 24.1 Å². The molecule has 166 valence electrons. The first-order chi connectivity index (χ1) is 15.6. The van der Waals surface area contributed by atoms with Crippen molar-refractivity contribution >= 4 is 34.0 Å². The van der Waals surface area contributed by atoms with Gasteiger partial charge in [-0.1, -0.05) is 44.2 Å². The van der Waals surface area contributed by atoms with Gasteiger partial charge in [0.15, 0.2) is 0 Å². The number of amides is 2. The number of carbonyl (C=O) groups excluding carboxylic acids is 2. The highest BCUT2D eigenvalue weighted by Crippen LogP contribution is 2.22. The van der Waals surface area contributed by atoms with Crippen molar-refractivity contribution in [3.8, 4) is 0 Å². The summed E-state index contributed by atoms with van der Waals surface area (Å²) < 4.78 is 0. The fourth-order valence-corrected chi connectivity index (χ4v) is 4.37. The van der Waals surface area contributed by atoms with Crippen LogP contribution in [0.5, 0.6) is 0 Å². The largest absolute Gasteiger partial charge is 0.368 e. The van der Waals surface area contributed by atoms with Gasteiger partial charge >= 0.3 is 0 Å². The molecule has 0 saturated carbocycles. The molecule has 32 heavy (non-hydrogen) atoms. The van der Waals surface area contributed by atoms with Crippen LogP contribution in [-0.2, 0) is 4.79 Å². The lowest BCUT2D eigenvalue weighted by atomic mass is 10.0. The first-order valence-electron chi connectivity index (χ1n) is 11.5. The third-order valence-corrected chi connectivity index (χ3v) is 6.43. The lowest BCUT2D eigenvalue weighted by molar-refractivity contribution is -0.136. The molecule has 5 nitrogen and oxygen atoms in total. The number of fused-ring (bicyclic) bond motifs is 1. The lowest BCUT2D eigenvalue weighted by Crippen LogP contribution is -2.50. The van der Waals surface area contributed by atoms with E-state index in [1.165, 1.54) is 0 Å². The van der Waals surface area contributed by atoms with Gasteiger partial charge in [-0.15, -0.1) is 0 Å².